The first-order valence-corrected chi connectivity index (χ1v) is 6.69. The summed E-state index contributed by atoms with van der Waals surface area (Å²) in [5, 5.41) is 11.8. The van der Waals surface area contributed by atoms with E-state index in [0.717, 1.165) is 22.4 Å². The number of hydrogen-bond acceptors (Lipinski definition) is 4. The number of aliphatic carboxylic acids is 1. The minimum atomic E-state index is -1.45. The van der Waals surface area contributed by atoms with Gasteiger partial charge in [-0.05, 0) is 17.2 Å². The molecule has 0 heterocycles. The fraction of sp³-hybridized carbons (Fsp3) is 0.118. The number of Topliss-reactive ketones (excluding diaryl/α,β-unsaturated/α-hetero) is 1. The highest BCUT2D eigenvalue weighted by Gasteiger charge is 2.14. The zero-order valence-corrected chi connectivity index (χ0v) is 12.3. The van der Waals surface area contributed by atoms with Crippen LogP contribution in [0.2, 0.25) is 0 Å². The Balaban J connectivity index is 2.36. The summed E-state index contributed by atoms with van der Waals surface area (Å²) < 4.78 is 0. The molecule has 112 valence electrons. The summed E-state index contributed by atoms with van der Waals surface area (Å²) in [6.07, 6.45) is 1.77. The molecule has 0 saturated carbocycles. The van der Waals surface area contributed by atoms with E-state index >= 15 is 0 Å². The van der Waals surface area contributed by atoms with E-state index in [1.165, 1.54) is 12.1 Å². The third-order valence-electron chi connectivity index (χ3n) is 3.27. The van der Waals surface area contributed by atoms with Gasteiger partial charge in [0.05, 0.1) is 0 Å². The number of carboxylic acids is 1. The van der Waals surface area contributed by atoms with Crippen molar-refractivity contribution in [1.82, 2.24) is 0 Å². The number of carboxylic acid groups (broad SMARTS) is 1. The Labute approximate surface area is 128 Å². The Kier molecular flexibility index (Phi) is 4.68. The fourth-order valence-corrected chi connectivity index (χ4v) is 2.14. The number of carbonyl (C=O) groups is 2. The van der Waals surface area contributed by atoms with Crippen LogP contribution in [0.25, 0.3) is 11.1 Å². The normalized spacial score (nSPS) is 10.6. The lowest BCUT2D eigenvalue weighted by Crippen LogP contribution is -2.12. The van der Waals surface area contributed by atoms with Gasteiger partial charge in [0.15, 0.2) is 0 Å². The monoisotopic (exact) mass is 296 g/mol. The molecule has 0 aromatic heterocycles. The summed E-state index contributed by atoms with van der Waals surface area (Å²) in [5.74, 6) is -2.36. The van der Waals surface area contributed by atoms with Crippen LogP contribution in [0.1, 0.15) is 15.9 Å². The Morgan fingerprint density at radius 1 is 1.09 bits per heavy atom. The number of nitrogens with zero attached hydrogens (tertiary/aromatic N) is 1. The van der Waals surface area contributed by atoms with Crippen molar-refractivity contribution in [3.05, 3.63) is 53.6 Å². The first-order valence-electron chi connectivity index (χ1n) is 6.69. The van der Waals surface area contributed by atoms with Gasteiger partial charge in [-0.2, -0.15) is 0 Å². The molecule has 5 heteroatoms. The van der Waals surface area contributed by atoms with Crippen LogP contribution in [0.15, 0.2) is 47.5 Å². The summed E-state index contributed by atoms with van der Waals surface area (Å²) in [6.45, 7) is 0. The molecule has 22 heavy (non-hydrogen) atoms. The third-order valence-corrected chi connectivity index (χ3v) is 3.27. The van der Waals surface area contributed by atoms with Gasteiger partial charge in [0.25, 0.3) is 5.78 Å². The standard InChI is InChI=1S/C17H16N2O3/c1-18-10-14-8-7-13(9-15(14)19-2)11-3-5-12(6-4-11)16(20)17(21)22/h3-10,19H,1-2H3,(H,21,22). The average molecular weight is 296 g/mol. The van der Waals surface area contributed by atoms with Crippen molar-refractivity contribution < 1.29 is 14.7 Å². The first kappa shape index (κ1) is 15.4. The number of nitrogens with one attached hydrogen (secondary N) is 1. The molecule has 0 unspecified atom stereocenters. The Morgan fingerprint density at radius 2 is 1.73 bits per heavy atom. The van der Waals surface area contributed by atoms with Crippen LogP contribution in [-0.2, 0) is 4.79 Å². The van der Waals surface area contributed by atoms with Crippen LogP contribution in [0.3, 0.4) is 0 Å². The molecule has 0 amide bonds. The van der Waals surface area contributed by atoms with Crippen molar-refractivity contribution in [2.75, 3.05) is 19.4 Å². The molecule has 0 aliphatic heterocycles. The quantitative estimate of drug-likeness (QED) is 0.505. The van der Waals surface area contributed by atoms with Gasteiger partial charge < -0.3 is 10.4 Å². The molecule has 0 atom stereocenters. The fourth-order valence-electron chi connectivity index (χ4n) is 2.14. The van der Waals surface area contributed by atoms with E-state index in [0.29, 0.717) is 0 Å². The lowest BCUT2D eigenvalue weighted by molar-refractivity contribution is -0.131. The van der Waals surface area contributed by atoms with E-state index in [9.17, 15) is 9.59 Å². The minimum absolute atomic E-state index is 0.167. The van der Waals surface area contributed by atoms with Crippen molar-refractivity contribution in [2.24, 2.45) is 4.99 Å². The molecule has 0 aliphatic rings. The van der Waals surface area contributed by atoms with Crippen molar-refractivity contribution in [1.29, 1.82) is 0 Å². The van der Waals surface area contributed by atoms with Gasteiger partial charge >= 0.3 is 5.97 Å². The second-order valence-corrected chi connectivity index (χ2v) is 4.65. The molecule has 5 nitrogen and oxygen atoms in total. The predicted octanol–water partition coefficient (Wildman–Crippen LogP) is 2.71. The molecule has 0 fully saturated rings. The molecule has 0 bridgehead atoms. The van der Waals surface area contributed by atoms with Crippen molar-refractivity contribution in [2.45, 2.75) is 0 Å². The highest BCUT2D eigenvalue weighted by molar-refractivity contribution is 6.39. The summed E-state index contributed by atoms with van der Waals surface area (Å²) in [6, 6.07) is 12.4. The van der Waals surface area contributed by atoms with E-state index in [-0.39, 0.29) is 5.56 Å². The second kappa shape index (κ2) is 6.67. The number of carbonyl (C=O) groups excluding carboxylic acids is 1. The average Bonchev–Trinajstić information content (AvgIpc) is 2.55. The van der Waals surface area contributed by atoms with Gasteiger partial charge in [-0.1, -0.05) is 36.4 Å². The minimum Gasteiger partial charge on any atom is -0.475 e. The van der Waals surface area contributed by atoms with Crippen molar-refractivity contribution in [3.63, 3.8) is 0 Å². The lowest BCUT2D eigenvalue weighted by atomic mass is 10.0. The number of rotatable bonds is 5. The smallest absolute Gasteiger partial charge is 0.377 e. The molecule has 0 saturated heterocycles. The highest BCUT2D eigenvalue weighted by Crippen LogP contribution is 2.25. The maximum absolute atomic E-state index is 11.4. The Morgan fingerprint density at radius 3 is 2.27 bits per heavy atom. The number of benzene rings is 2. The summed E-state index contributed by atoms with van der Waals surface area (Å²) in [5.41, 5.74) is 3.95. The number of ketones is 1. The van der Waals surface area contributed by atoms with Crippen LogP contribution in [0.4, 0.5) is 5.69 Å². The van der Waals surface area contributed by atoms with E-state index in [2.05, 4.69) is 10.3 Å². The molecule has 2 aromatic carbocycles. The van der Waals surface area contributed by atoms with Crippen LogP contribution in [-0.4, -0.2) is 37.2 Å². The van der Waals surface area contributed by atoms with Crippen molar-refractivity contribution in [3.8, 4) is 11.1 Å². The third kappa shape index (κ3) is 3.20. The van der Waals surface area contributed by atoms with Gasteiger partial charge in [-0.15, -0.1) is 0 Å². The van der Waals surface area contributed by atoms with Crippen molar-refractivity contribution >= 4 is 23.7 Å². The highest BCUT2D eigenvalue weighted by atomic mass is 16.4. The summed E-state index contributed by atoms with van der Waals surface area (Å²) in [7, 11) is 3.55. The van der Waals surface area contributed by atoms with Gasteiger partial charge in [0.2, 0.25) is 0 Å². The van der Waals surface area contributed by atoms with E-state index in [1.807, 2.05) is 25.2 Å². The number of anilines is 1. The first-order chi connectivity index (χ1) is 10.6. The van der Waals surface area contributed by atoms with E-state index < -0.39 is 11.8 Å². The molecule has 0 aliphatic carbocycles. The Bertz CT molecular complexity index is 734. The lowest BCUT2D eigenvalue weighted by Gasteiger charge is -2.09. The van der Waals surface area contributed by atoms with Gasteiger partial charge in [0, 0.05) is 37.1 Å². The maximum atomic E-state index is 11.4. The maximum Gasteiger partial charge on any atom is 0.377 e. The summed E-state index contributed by atoms with van der Waals surface area (Å²) >= 11 is 0. The topological polar surface area (TPSA) is 78.8 Å². The molecule has 2 rings (SSSR count). The van der Waals surface area contributed by atoms with Crippen LogP contribution < -0.4 is 5.32 Å². The van der Waals surface area contributed by atoms with Gasteiger partial charge in [-0.3, -0.25) is 9.79 Å². The predicted molar refractivity (Wildman–Crippen MR) is 86.9 cm³/mol. The SMILES string of the molecule is CN=Cc1ccc(-c2ccc(C(=O)C(=O)O)cc2)cc1NC. The van der Waals surface area contributed by atoms with Gasteiger partial charge in [0.1, 0.15) is 0 Å². The molecular formula is C17H16N2O3. The zero-order chi connectivity index (χ0) is 16.1. The van der Waals surface area contributed by atoms with Crippen LogP contribution in [0, 0.1) is 0 Å². The van der Waals surface area contributed by atoms with Gasteiger partial charge in [-0.25, -0.2) is 4.79 Å². The number of hydrogen-bond donors (Lipinski definition) is 2. The molecule has 2 aromatic rings. The van der Waals surface area contributed by atoms with E-state index in [4.69, 9.17) is 5.11 Å². The summed E-state index contributed by atoms with van der Waals surface area (Å²) in [4.78, 5) is 26.1. The molecule has 0 radical (unpaired) electrons. The van der Waals surface area contributed by atoms with Crippen LogP contribution in [0.5, 0.6) is 0 Å². The number of aliphatic imine (C=N–C) groups is 1. The Hall–Kier alpha value is -2.95. The largest absolute Gasteiger partial charge is 0.475 e. The zero-order valence-electron chi connectivity index (χ0n) is 12.3. The molecule has 2 N–H and O–H groups in total. The second-order valence-electron chi connectivity index (χ2n) is 4.65. The van der Waals surface area contributed by atoms with E-state index in [1.54, 1.807) is 25.4 Å². The molecule has 0 spiro atoms. The molecular weight excluding hydrogens is 280 g/mol. The van der Waals surface area contributed by atoms with Crippen LogP contribution >= 0.6 is 0 Å².